The summed E-state index contributed by atoms with van der Waals surface area (Å²) in [6.07, 6.45) is 8.46. The van der Waals surface area contributed by atoms with Gasteiger partial charge in [0.1, 0.15) is 11.9 Å². The smallest absolute Gasteiger partial charge is 0.320 e. The molecule has 4 N–H and O–H groups in total. The van der Waals surface area contributed by atoms with Gasteiger partial charge in [-0.2, -0.15) is 0 Å². The molecular weight excluding hydrogens is 721 g/mol. The number of piperidine rings is 3. The molecule has 1 unspecified atom stereocenters. The number of carbonyl (C=O) groups is 4. The molecule has 4 fully saturated rings. The van der Waals surface area contributed by atoms with Crippen molar-refractivity contribution < 1.29 is 19.2 Å². The van der Waals surface area contributed by atoms with E-state index in [1.807, 2.05) is 24.1 Å². The Bertz CT molecular complexity index is 2060. The molecule has 14 heteroatoms. The number of carbonyl (C=O) groups excluding carboxylic acids is 4. The minimum Gasteiger partial charge on any atom is -0.364 e. The van der Waals surface area contributed by atoms with Gasteiger partial charge in [0.2, 0.25) is 11.8 Å². The van der Waals surface area contributed by atoms with Crippen molar-refractivity contribution in [1.29, 1.82) is 0 Å². The van der Waals surface area contributed by atoms with Crippen molar-refractivity contribution >= 4 is 46.8 Å². The van der Waals surface area contributed by atoms with Crippen LogP contribution in [0.25, 0.3) is 5.70 Å². The van der Waals surface area contributed by atoms with Crippen LogP contribution in [0, 0.1) is 0 Å². The molecule has 14 nitrogen and oxygen atoms in total. The minimum absolute atomic E-state index is 0.0452. The second-order valence-electron chi connectivity index (χ2n) is 16.6. The van der Waals surface area contributed by atoms with E-state index in [2.05, 4.69) is 74.2 Å². The average Bonchev–Trinajstić information content (AvgIpc) is 3.73. The lowest BCUT2D eigenvalue weighted by Crippen LogP contribution is -2.50. The number of benzene rings is 2. The lowest BCUT2D eigenvalue weighted by Gasteiger charge is -2.40. The van der Waals surface area contributed by atoms with E-state index < -0.39 is 5.91 Å². The highest BCUT2D eigenvalue weighted by Gasteiger charge is 2.38. The zero-order valence-electron chi connectivity index (χ0n) is 33.1. The Morgan fingerprint density at radius 2 is 1.81 bits per heavy atom. The first-order valence-corrected chi connectivity index (χ1v) is 20.4. The van der Waals surface area contributed by atoms with Gasteiger partial charge in [0.05, 0.1) is 12.2 Å². The number of aryl methyl sites for hydroxylation is 1. The van der Waals surface area contributed by atoms with Gasteiger partial charge >= 0.3 is 6.03 Å². The second kappa shape index (κ2) is 15.8. The Balaban J connectivity index is 0.850. The third kappa shape index (κ3) is 7.79. The zero-order valence-corrected chi connectivity index (χ0v) is 33.1. The molecule has 300 valence electrons. The van der Waals surface area contributed by atoms with E-state index in [1.165, 1.54) is 16.7 Å². The van der Waals surface area contributed by atoms with Gasteiger partial charge in [-0.15, -0.1) is 0 Å². The third-order valence-electron chi connectivity index (χ3n) is 13.0. The molecule has 0 saturated carbocycles. The number of nitrogens with two attached hydrogens (primary N) is 1. The molecule has 57 heavy (non-hydrogen) atoms. The molecule has 2 atom stereocenters. The van der Waals surface area contributed by atoms with Crippen LogP contribution in [0.2, 0.25) is 0 Å². The number of fused-ring (bicyclic) bond motifs is 1. The molecule has 3 aromatic rings. The number of hydrogen-bond donors (Lipinski definition) is 3. The van der Waals surface area contributed by atoms with Crippen LogP contribution in [0.4, 0.5) is 22.1 Å². The van der Waals surface area contributed by atoms with Crippen LogP contribution in [0.1, 0.15) is 84.6 Å². The fraction of sp³-hybridized carbons (Fsp3) is 0.488. The summed E-state index contributed by atoms with van der Waals surface area (Å²) in [4.78, 5) is 69.2. The lowest BCUT2D eigenvalue weighted by atomic mass is 9.74. The summed E-state index contributed by atoms with van der Waals surface area (Å²) >= 11 is 0. The van der Waals surface area contributed by atoms with Gasteiger partial charge in [0, 0.05) is 63.1 Å². The van der Waals surface area contributed by atoms with Gasteiger partial charge in [0.25, 0.3) is 5.91 Å². The summed E-state index contributed by atoms with van der Waals surface area (Å²) in [7, 11) is 1.84. The summed E-state index contributed by atoms with van der Waals surface area (Å²) in [5, 5.41) is 5.82. The van der Waals surface area contributed by atoms with Crippen LogP contribution < -0.4 is 21.3 Å². The molecule has 0 radical (unpaired) electrons. The molecule has 6 heterocycles. The van der Waals surface area contributed by atoms with Gasteiger partial charge in [0.15, 0.2) is 11.5 Å². The van der Waals surface area contributed by atoms with Gasteiger partial charge in [-0.05, 0) is 98.8 Å². The molecule has 5 aliphatic heterocycles. The topological polar surface area (TPSA) is 160 Å². The van der Waals surface area contributed by atoms with Crippen molar-refractivity contribution in [2.45, 2.75) is 82.3 Å². The van der Waals surface area contributed by atoms with Gasteiger partial charge in [-0.25, -0.2) is 14.8 Å². The van der Waals surface area contributed by atoms with E-state index in [9.17, 15) is 19.2 Å². The first-order valence-electron chi connectivity index (χ1n) is 20.4. The molecule has 0 bridgehead atoms. The van der Waals surface area contributed by atoms with Crippen LogP contribution in [0.5, 0.6) is 0 Å². The highest BCUT2D eigenvalue weighted by Crippen LogP contribution is 2.38. The number of rotatable bonds is 11. The van der Waals surface area contributed by atoms with Crippen molar-refractivity contribution in [2.75, 3.05) is 63.1 Å². The molecular formula is C43H54N10O4. The third-order valence-corrected chi connectivity index (χ3v) is 13.0. The number of imide groups is 1. The fourth-order valence-electron chi connectivity index (χ4n) is 9.39. The van der Waals surface area contributed by atoms with Crippen molar-refractivity contribution in [1.82, 2.24) is 34.9 Å². The standard InChI is InChI=1S/C43H54N10O4/c1-28-33-10-4-7-29(34(33)27-53(28)35-15-16-37(54)48-41(35)56)8-5-19-50-21-17-43(2,18-22-50)30-11-13-31(14-12-30)46-40-38(39(44)55)45-25-36(47-40)51-20-6-9-32(26-51)52-24-23-49(3)42(52)57/h4,7,10-14,25,32,35H,1,5-6,8-9,15-24,26-27H2,2-3H3,(H2,44,55)(H,46,47)(H,48,54,56)/t32-,35?/m1/s1. The lowest BCUT2D eigenvalue weighted by molar-refractivity contribution is -0.136. The van der Waals surface area contributed by atoms with Crippen LogP contribution in [-0.4, -0.2) is 118 Å². The number of hydrogen-bond acceptors (Lipinski definition) is 10. The van der Waals surface area contributed by atoms with Crippen molar-refractivity contribution in [3.05, 3.63) is 83.2 Å². The molecule has 0 aliphatic carbocycles. The number of aromatic nitrogens is 2. The summed E-state index contributed by atoms with van der Waals surface area (Å²) in [6.45, 7) is 13.3. The maximum absolute atomic E-state index is 12.7. The monoisotopic (exact) mass is 774 g/mol. The molecule has 2 aromatic carbocycles. The maximum atomic E-state index is 12.7. The Hall–Kier alpha value is -5.50. The Morgan fingerprint density at radius 1 is 1.02 bits per heavy atom. The Morgan fingerprint density at radius 3 is 2.53 bits per heavy atom. The number of urea groups is 1. The highest BCUT2D eigenvalue weighted by molar-refractivity contribution is 6.01. The molecule has 4 saturated heterocycles. The molecule has 8 rings (SSSR count). The Labute approximate surface area is 334 Å². The van der Waals surface area contributed by atoms with Crippen molar-refractivity contribution in [3.63, 3.8) is 0 Å². The number of anilines is 3. The van der Waals surface area contributed by atoms with Crippen LogP contribution in [0.15, 0.2) is 55.2 Å². The summed E-state index contributed by atoms with van der Waals surface area (Å²) in [6, 6.07) is 14.6. The molecule has 5 aliphatic rings. The number of nitrogens with zero attached hydrogens (tertiary/aromatic N) is 7. The average molecular weight is 775 g/mol. The predicted octanol–water partition coefficient (Wildman–Crippen LogP) is 4.23. The Kier molecular flexibility index (Phi) is 10.6. The number of primary amides is 1. The fourth-order valence-corrected chi connectivity index (χ4v) is 9.39. The minimum atomic E-state index is -0.648. The number of amides is 5. The summed E-state index contributed by atoms with van der Waals surface area (Å²) < 4.78 is 0. The first kappa shape index (κ1) is 38.4. The van der Waals surface area contributed by atoms with Crippen LogP contribution in [-0.2, 0) is 28.0 Å². The highest BCUT2D eigenvalue weighted by atomic mass is 16.2. The first-order chi connectivity index (χ1) is 27.5. The van der Waals surface area contributed by atoms with Crippen molar-refractivity contribution in [2.24, 2.45) is 5.73 Å². The number of nitrogens with one attached hydrogen (secondary N) is 2. The zero-order chi connectivity index (χ0) is 39.8. The van der Waals surface area contributed by atoms with Gasteiger partial charge in [-0.1, -0.05) is 43.8 Å². The predicted molar refractivity (Wildman–Crippen MR) is 219 cm³/mol. The van der Waals surface area contributed by atoms with E-state index in [4.69, 9.17) is 10.7 Å². The molecule has 5 amide bonds. The largest absolute Gasteiger partial charge is 0.364 e. The van der Waals surface area contributed by atoms with E-state index >= 15 is 0 Å². The SMILES string of the molecule is C=C1c2cccc(CCCN3CCC(C)(c4ccc(Nc5nc(N6CCC[C@@H](N7CCN(C)C7=O)C6)cnc5C(N)=O)cc4)CC3)c2CN1C1CCC(=O)NC1=O. The van der Waals surface area contributed by atoms with Gasteiger partial charge in [-0.3, -0.25) is 19.7 Å². The van der Waals surface area contributed by atoms with Gasteiger partial charge < -0.3 is 35.6 Å². The maximum Gasteiger partial charge on any atom is 0.320 e. The second-order valence-corrected chi connectivity index (χ2v) is 16.6. The van der Waals surface area contributed by atoms with Crippen LogP contribution in [0.3, 0.4) is 0 Å². The summed E-state index contributed by atoms with van der Waals surface area (Å²) in [5.74, 6) is -0.103. The summed E-state index contributed by atoms with van der Waals surface area (Å²) in [5.41, 5.74) is 12.5. The van der Waals surface area contributed by atoms with E-state index in [-0.39, 0.29) is 41.0 Å². The number of likely N-dealkylation sites (tertiary alicyclic amines) is 1. The van der Waals surface area contributed by atoms with E-state index in [1.54, 1.807) is 11.1 Å². The van der Waals surface area contributed by atoms with E-state index in [0.717, 1.165) is 94.7 Å². The normalized spacial score (nSPS) is 22.6. The van der Waals surface area contributed by atoms with Crippen molar-refractivity contribution in [3.8, 4) is 0 Å². The van der Waals surface area contributed by atoms with E-state index in [0.29, 0.717) is 37.6 Å². The number of likely N-dealkylation sites (N-methyl/N-ethyl adjacent to an activating group) is 1. The molecule has 1 aromatic heterocycles. The molecule has 0 spiro atoms. The van der Waals surface area contributed by atoms with Crippen LogP contribution >= 0.6 is 0 Å². The quantitative estimate of drug-likeness (QED) is 0.241.